The topological polar surface area (TPSA) is 125 Å². The number of carbonyl (C=O) groups excluding carboxylic acids is 1. The Labute approximate surface area is 182 Å². The lowest BCUT2D eigenvalue weighted by atomic mass is 10.1. The summed E-state index contributed by atoms with van der Waals surface area (Å²) in [7, 11) is 1.36. The zero-order valence-electron chi connectivity index (χ0n) is 17.6. The summed E-state index contributed by atoms with van der Waals surface area (Å²) in [5, 5.41) is 22.3. The number of aromatic hydroxyl groups is 1. The highest BCUT2D eigenvalue weighted by atomic mass is 19.1. The molecular formula is C22H23FN4O5. The molecule has 1 aromatic carbocycles. The second kappa shape index (κ2) is 9.46. The van der Waals surface area contributed by atoms with Gasteiger partial charge in [-0.1, -0.05) is 12.1 Å². The van der Waals surface area contributed by atoms with Crippen molar-refractivity contribution in [3.05, 3.63) is 69.4 Å². The van der Waals surface area contributed by atoms with Crippen LogP contribution in [0.2, 0.25) is 0 Å². The number of hydrogen-bond donors (Lipinski definition) is 3. The first-order valence-electron chi connectivity index (χ1n) is 9.94. The molecule has 2 aromatic heterocycles. The molecule has 3 N–H and O–H groups in total. The monoisotopic (exact) mass is 442 g/mol. The number of carboxylic acid groups (broad SMARTS) is 1. The van der Waals surface area contributed by atoms with Gasteiger partial charge in [0.2, 0.25) is 0 Å². The van der Waals surface area contributed by atoms with Crippen LogP contribution >= 0.6 is 0 Å². The molecule has 168 valence electrons. The van der Waals surface area contributed by atoms with Crippen LogP contribution in [-0.2, 0) is 13.0 Å². The van der Waals surface area contributed by atoms with E-state index in [1.165, 1.54) is 29.9 Å². The second-order valence-electron chi connectivity index (χ2n) is 7.26. The van der Waals surface area contributed by atoms with Gasteiger partial charge >= 0.3 is 6.09 Å². The predicted octanol–water partition coefficient (Wildman–Crippen LogP) is 2.19. The number of benzene rings is 1. The lowest BCUT2D eigenvalue weighted by Crippen LogP contribution is -2.36. The highest BCUT2D eigenvalue weighted by Crippen LogP contribution is 2.26. The molecule has 3 aromatic rings. The third-order valence-corrected chi connectivity index (χ3v) is 5.01. The van der Waals surface area contributed by atoms with Gasteiger partial charge in [0.05, 0.1) is 5.52 Å². The fraction of sp³-hybridized carbons (Fsp3) is 0.273. The van der Waals surface area contributed by atoms with E-state index in [0.717, 1.165) is 10.5 Å². The van der Waals surface area contributed by atoms with Crippen molar-refractivity contribution < 1.29 is 24.2 Å². The molecule has 0 aliphatic heterocycles. The first-order valence-corrected chi connectivity index (χ1v) is 9.94. The van der Waals surface area contributed by atoms with Crippen molar-refractivity contribution in [1.29, 1.82) is 0 Å². The summed E-state index contributed by atoms with van der Waals surface area (Å²) in [5.74, 6) is -1.63. The van der Waals surface area contributed by atoms with Gasteiger partial charge < -0.3 is 25.0 Å². The summed E-state index contributed by atoms with van der Waals surface area (Å²) in [4.78, 5) is 42.0. The number of hydrogen-bond acceptors (Lipinski definition) is 5. The van der Waals surface area contributed by atoms with E-state index in [4.69, 9.17) is 5.11 Å². The van der Waals surface area contributed by atoms with E-state index in [0.29, 0.717) is 12.0 Å². The van der Waals surface area contributed by atoms with Crippen molar-refractivity contribution in [3.63, 3.8) is 0 Å². The van der Waals surface area contributed by atoms with E-state index >= 15 is 0 Å². The van der Waals surface area contributed by atoms with Crippen LogP contribution < -0.4 is 10.9 Å². The zero-order valence-corrected chi connectivity index (χ0v) is 17.6. The molecule has 0 saturated carbocycles. The van der Waals surface area contributed by atoms with E-state index in [9.17, 15) is 23.9 Å². The van der Waals surface area contributed by atoms with Crippen molar-refractivity contribution in [1.82, 2.24) is 19.8 Å². The molecule has 0 fully saturated rings. The quantitative estimate of drug-likeness (QED) is 0.515. The Morgan fingerprint density at radius 2 is 1.91 bits per heavy atom. The number of pyridine rings is 2. The molecule has 2 heterocycles. The third kappa shape index (κ3) is 4.69. The van der Waals surface area contributed by atoms with Crippen molar-refractivity contribution in [2.75, 3.05) is 20.1 Å². The van der Waals surface area contributed by atoms with Crippen LogP contribution in [0.15, 0.2) is 41.3 Å². The summed E-state index contributed by atoms with van der Waals surface area (Å²) in [5.41, 5.74) is 0.617. The minimum atomic E-state index is -1.17. The summed E-state index contributed by atoms with van der Waals surface area (Å²) >= 11 is 0. The largest absolute Gasteiger partial charge is 0.505 e. The van der Waals surface area contributed by atoms with E-state index in [2.05, 4.69) is 10.3 Å². The average Bonchev–Trinajstić information content (AvgIpc) is 2.75. The molecule has 9 nitrogen and oxygen atoms in total. The lowest BCUT2D eigenvalue weighted by molar-refractivity contribution is 0.0950. The zero-order chi connectivity index (χ0) is 23.4. The summed E-state index contributed by atoms with van der Waals surface area (Å²) in [6, 6.07) is 7.58. The Kier molecular flexibility index (Phi) is 6.72. The Hall–Kier alpha value is -3.95. The molecular weight excluding hydrogens is 419 g/mol. The van der Waals surface area contributed by atoms with Gasteiger partial charge in [0, 0.05) is 32.9 Å². The number of carbonyl (C=O) groups is 2. The van der Waals surface area contributed by atoms with Crippen LogP contribution in [-0.4, -0.2) is 56.8 Å². The van der Waals surface area contributed by atoms with E-state index < -0.39 is 28.9 Å². The average molecular weight is 442 g/mol. The SMILES string of the molecule is CCNC(=O)c1c(O)c2ncc(Cc3ccc(F)cc3)cc2n(CCN(C)C(=O)O)c1=O. The van der Waals surface area contributed by atoms with Gasteiger partial charge in [-0.25, -0.2) is 9.18 Å². The molecule has 32 heavy (non-hydrogen) atoms. The first kappa shape index (κ1) is 22.7. The van der Waals surface area contributed by atoms with E-state index in [1.807, 2.05) is 0 Å². The van der Waals surface area contributed by atoms with Crippen LogP contribution in [0.5, 0.6) is 5.75 Å². The summed E-state index contributed by atoms with van der Waals surface area (Å²) in [6.07, 6.45) is 0.733. The molecule has 0 aliphatic carbocycles. The number of aromatic nitrogens is 2. The van der Waals surface area contributed by atoms with E-state index in [-0.39, 0.29) is 36.5 Å². The number of rotatable bonds is 7. The lowest BCUT2D eigenvalue weighted by Gasteiger charge is -2.18. The molecule has 3 rings (SSSR count). The number of nitrogens with zero attached hydrogens (tertiary/aromatic N) is 3. The van der Waals surface area contributed by atoms with Gasteiger partial charge in [0.1, 0.15) is 16.9 Å². The molecule has 0 saturated heterocycles. The minimum absolute atomic E-state index is 0.0217. The van der Waals surface area contributed by atoms with Crippen LogP contribution in [0.1, 0.15) is 28.4 Å². The fourth-order valence-electron chi connectivity index (χ4n) is 3.30. The smallest absolute Gasteiger partial charge is 0.407 e. The summed E-state index contributed by atoms with van der Waals surface area (Å²) in [6.45, 7) is 1.86. The fourth-order valence-corrected chi connectivity index (χ4v) is 3.30. The maximum absolute atomic E-state index is 13.2. The Balaban J connectivity index is 2.13. The second-order valence-corrected chi connectivity index (χ2v) is 7.26. The van der Waals surface area contributed by atoms with Gasteiger partial charge in [-0.2, -0.15) is 0 Å². The van der Waals surface area contributed by atoms with Crippen LogP contribution in [0, 0.1) is 5.82 Å². The van der Waals surface area contributed by atoms with Crippen LogP contribution in [0.4, 0.5) is 9.18 Å². The Bertz CT molecular complexity index is 1220. The molecule has 0 atom stereocenters. The van der Waals surface area contributed by atoms with Gasteiger partial charge in [0.25, 0.3) is 11.5 Å². The number of nitrogens with one attached hydrogen (secondary N) is 1. The van der Waals surface area contributed by atoms with Crippen molar-refractivity contribution in [3.8, 4) is 5.75 Å². The molecule has 0 radical (unpaired) electrons. The minimum Gasteiger partial charge on any atom is -0.505 e. The standard InChI is InChI=1S/C22H23FN4O5/c1-3-24-20(29)17-19(28)18-16(27(21(17)30)9-8-26(2)22(31)32)11-14(12-25-18)10-13-4-6-15(23)7-5-13/h4-7,11-12,28H,3,8-10H2,1-2H3,(H,24,29)(H,31,32). The van der Waals surface area contributed by atoms with E-state index in [1.54, 1.807) is 25.1 Å². The normalized spacial score (nSPS) is 10.8. The van der Waals surface area contributed by atoms with Gasteiger partial charge in [-0.05, 0) is 42.7 Å². The molecule has 0 spiro atoms. The Morgan fingerprint density at radius 3 is 2.53 bits per heavy atom. The molecule has 2 amide bonds. The third-order valence-electron chi connectivity index (χ3n) is 5.01. The number of amides is 2. The highest BCUT2D eigenvalue weighted by molar-refractivity contribution is 6.01. The van der Waals surface area contributed by atoms with Gasteiger partial charge in [0.15, 0.2) is 5.75 Å². The van der Waals surface area contributed by atoms with Crippen LogP contribution in [0.25, 0.3) is 11.0 Å². The van der Waals surface area contributed by atoms with Crippen molar-refractivity contribution >= 4 is 23.0 Å². The number of halogens is 1. The van der Waals surface area contributed by atoms with Gasteiger partial charge in [-0.3, -0.25) is 14.6 Å². The highest BCUT2D eigenvalue weighted by Gasteiger charge is 2.23. The molecule has 0 unspecified atom stereocenters. The maximum Gasteiger partial charge on any atom is 0.407 e. The maximum atomic E-state index is 13.2. The molecule has 0 bridgehead atoms. The number of likely N-dealkylation sites (N-methyl/N-ethyl adjacent to an activating group) is 1. The first-order chi connectivity index (χ1) is 15.2. The predicted molar refractivity (Wildman–Crippen MR) is 116 cm³/mol. The Morgan fingerprint density at radius 1 is 1.22 bits per heavy atom. The van der Waals surface area contributed by atoms with Crippen molar-refractivity contribution in [2.24, 2.45) is 0 Å². The molecule has 0 aliphatic rings. The van der Waals surface area contributed by atoms with Gasteiger partial charge in [-0.15, -0.1) is 0 Å². The number of fused-ring (bicyclic) bond motifs is 1. The summed E-state index contributed by atoms with van der Waals surface area (Å²) < 4.78 is 14.4. The van der Waals surface area contributed by atoms with Crippen LogP contribution in [0.3, 0.4) is 0 Å². The molecule has 10 heteroatoms. The van der Waals surface area contributed by atoms with Crippen molar-refractivity contribution in [2.45, 2.75) is 19.9 Å².